The highest BCUT2D eigenvalue weighted by molar-refractivity contribution is 7.89. The highest BCUT2D eigenvalue weighted by Crippen LogP contribution is 2.19. The van der Waals surface area contributed by atoms with Gasteiger partial charge in [0.15, 0.2) is 0 Å². The van der Waals surface area contributed by atoms with E-state index in [1.807, 2.05) is 13.8 Å². The van der Waals surface area contributed by atoms with Crippen LogP contribution in [0.25, 0.3) is 0 Å². The van der Waals surface area contributed by atoms with Crippen molar-refractivity contribution in [2.45, 2.75) is 32.7 Å². The highest BCUT2D eigenvalue weighted by Gasteiger charge is 2.32. The lowest BCUT2D eigenvalue weighted by Gasteiger charge is -2.35. The first-order valence-electron chi connectivity index (χ1n) is 4.50. The molecule has 0 aromatic heterocycles. The molecule has 0 bridgehead atoms. The molecule has 0 saturated heterocycles. The highest BCUT2D eigenvalue weighted by atomic mass is 32.2. The van der Waals surface area contributed by atoms with Crippen LogP contribution in [-0.2, 0) is 10.0 Å². The SMILES string of the molecule is CCC(C)(CN)N(C)S(=O)(=O)CC. The van der Waals surface area contributed by atoms with Crippen LogP contribution in [0.3, 0.4) is 0 Å². The van der Waals surface area contributed by atoms with E-state index >= 15 is 0 Å². The van der Waals surface area contributed by atoms with Crippen molar-refractivity contribution < 1.29 is 8.42 Å². The maximum absolute atomic E-state index is 11.5. The van der Waals surface area contributed by atoms with Crippen LogP contribution in [-0.4, -0.2) is 37.6 Å². The fraction of sp³-hybridized carbons (Fsp3) is 1.00. The number of nitrogens with zero attached hydrogens (tertiary/aromatic N) is 1. The molecule has 0 heterocycles. The third-order valence-corrected chi connectivity index (χ3v) is 4.75. The third-order valence-electron chi connectivity index (χ3n) is 2.74. The molecule has 80 valence electrons. The second-order valence-electron chi connectivity index (χ2n) is 3.42. The average Bonchev–Trinajstić information content (AvgIpc) is 2.15. The van der Waals surface area contributed by atoms with Crippen molar-refractivity contribution in [1.29, 1.82) is 0 Å². The van der Waals surface area contributed by atoms with Crippen LogP contribution in [0.1, 0.15) is 27.2 Å². The minimum Gasteiger partial charge on any atom is -0.329 e. The first-order chi connectivity index (χ1) is 5.84. The summed E-state index contributed by atoms with van der Waals surface area (Å²) < 4.78 is 24.5. The Morgan fingerprint density at radius 2 is 1.85 bits per heavy atom. The van der Waals surface area contributed by atoms with Crippen molar-refractivity contribution in [2.75, 3.05) is 19.3 Å². The van der Waals surface area contributed by atoms with Crippen molar-refractivity contribution in [3.8, 4) is 0 Å². The molecule has 0 fully saturated rings. The lowest BCUT2D eigenvalue weighted by atomic mass is 10.00. The van der Waals surface area contributed by atoms with Gasteiger partial charge in [0.2, 0.25) is 10.0 Å². The van der Waals surface area contributed by atoms with E-state index in [1.54, 1.807) is 14.0 Å². The summed E-state index contributed by atoms with van der Waals surface area (Å²) >= 11 is 0. The van der Waals surface area contributed by atoms with E-state index in [-0.39, 0.29) is 5.75 Å². The molecule has 0 aliphatic rings. The van der Waals surface area contributed by atoms with Gasteiger partial charge in [-0.2, -0.15) is 4.31 Å². The molecular formula is C8H20N2O2S. The summed E-state index contributed by atoms with van der Waals surface area (Å²) in [6.45, 7) is 5.78. The van der Waals surface area contributed by atoms with Crippen LogP contribution in [0.4, 0.5) is 0 Å². The summed E-state index contributed by atoms with van der Waals surface area (Å²) in [6.07, 6.45) is 0.721. The van der Waals surface area contributed by atoms with Gasteiger partial charge in [-0.15, -0.1) is 0 Å². The normalized spacial score (nSPS) is 17.4. The number of rotatable bonds is 5. The van der Waals surface area contributed by atoms with E-state index in [0.717, 1.165) is 6.42 Å². The quantitative estimate of drug-likeness (QED) is 0.711. The van der Waals surface area contributed by atoms with Crippen molar-refractivity contribution in [3.05, 3.63) is 0 Å². The lowest BCUT2D eigenvalue weighted by Crippen LogP contribution is -2.52. The van der Waals surface area contributed by atoms with Crippen LogP contribution in [0.15, 0.2) is 0 Å². The second kappa shape index (κ2) is 4.39. The molecule has 13 heavy (non-hydrogen) atoms. The monoisotopic (exact) mass is 208 g/mol. The maximum atomic E-state index is 11.5. The molecule has 0 aromatic carbocycles. The van der Waals surface area contributed by atoms with Gasteiger partial charge in [-0.25, -0.2) is 8.42 Å². The van der Waals surface area contributed by atoms with Gasteiger partial charge in [-0.05, 0) is 20.3 Å². The summed E-state index contributed by atoms with van der Waals surface area (Å²) in [5, 5.41) is 0. The number of hydrogen-bond donors (Lipinski definition) is 1. The van der Waals surface area contributed by atoms with Gasteiger partial charge in [0.05, 0.1) is 5.75 Å². The third kappa shape index (κ3) is 2.65. The Labute approximate surface area is 81.2 Å². The minimum absolute atomic E-state index is 0.124. The lowest BCUT2D eigenvalue weighted by molar-refractivity contribution is 0.240. The van der Waals surface area contributed by atoms with Gasteiger partial charge in [-0.1, -0.05) is 6.92 Å². The molecule has 0 aliphatic carbocycles. The van der Waals surface area contributed by atoms with Crippen LogP contribution in [0.5, 0.6) is 0 Å². The molecule has 1 unspecified atom stereocenters. The Hall–Kier alpha value is -0.130. The predicted molar refractivity (Wildman–Crippen MR) is 55.0 cm³/mol. The molecule has 5 heteroatoms. The van der Waals surface area contributed by atoms with Crippen LogP contribution >= 0.6 is 0 Å². The molecule has 0 aliphatic heterocycles. The number of likely N-dealkylation sites (N-methyl/N-ethyl adjacent to an activating group) is 1. The zero-order chi connectivity index (χ0) is 10.7. The van der Waals surface area contributed by atoms with E-state index in [2.05, 4.69) is 0 Å². The second-order valence-corrected chi connectivity index (χ2v) is 5.71. The molecule has 4 nitrogen and oxygen atoms in total. The maximum Gasteiger partial charge on any atom is 0.214 e. The minimum atomic E-state index is -3.13. The molecule has 0 radical (unpaired) electrons. The Morgan fingerprint density at radius 3 is 2.08 bits per heavy atom. The summed E-state index contributed by atoms with van der Waals surface area (Å²) in [5.41, 5.74) is 5.11. The van der Waals surface area contributed by atoms with E-state index in [0.29, 0.717) is 6.54 Å². The fourth-order valence-electron chi connectivity index (χ4n) is 1.02. The standard InChI is InChI=1S/C8H20N2O2S/c1-5-8(3,7-9)10(4)13(11,12)6-2/h5-7,9H2,1-4H3. The number of hydrogen-bond acceptors (Lipinski definition) is 3. The number of nitrogens with two attached hydrogens (primary N) is 1. The van der Waals surface area contributed by atoms with Gasteiger partial charge in [0.25, 0.3) is 0 Å². The first kappa shape index (κ1) is 12.9. The summed E-state index contributed by atoms with van der Waals surface area (Å²) in [6, 6.07) is 0. The Kier molecular flexibility index (Phi) is 4.35. The van der Waals surface area contributed by atoms with Crippen LogP contribution in [0, 0.1) is 0 Å². The smallest absolute Gasteiger partial charge is 0.214 e. The summed E-state index contributed by atoms with van der Waals surface area (Å²) in [7, 11) is -1.53. The summed E-state index contributed by atoms with van der Waals surface area (Å²) in [5.74, 6) is 0.124. The topological polar surface area (TPSA) is 63.4 Å². The molecule has 0 amide bonds. The van der Waals surface area contributed by atoms with E-state index in [9.17, 15) is 8.42 Å². The van der Waals surface area contributed by atoms with Crippen LogP contribution in [0.2, 0.25) is 0 Å². The van der Waals surface area contributed by atoms with Gasteiger partial charge in [0.1, 0.15) is 0 Å². The van der Waals surface area contributed by atoms with E-state index < -0.39 is 15.6 Å². The fourth-order valence-corrected chi connectivity index (χ4v) is 2.29. The molecule has 0 aromatic rings. The molecule has 2 N–H and O–H groups in total. The Morgan fingerprint density at radius 1 is 1.38 bits per heavy atom. The first-order valence-corrected chi connectivity index (χ1v) is 6.11. The van der Waals surface area contributed by atoms with E-state index in [4.69, 9.17) is 5.73 Å². The van der Waals surface area contributed by atoms with Crippen molar-refractivity contribution >= 4 is 10.0 Å². The molecule has 0 rings (SSSR count). The number of sulfonamides is 1. The average molecular weight is 208 g/mol. The zero-order valence-corrected chi connectivity index (χ0v) is 9.69. The molecule has 1 atom stereocenters. The van der Waals surface area contributed by atoms with Crippen LogP contribution < -0.4 is 5.73 Å². The summed E-state index contributed by atoms with van der Waals surface area (Å²) in [4.78, 5) is 0. The van der Waals surface area contributed by atoms with Gasteiger partial charge in [0, 0.05) is 19.1 Å². The van der Waals surface area contributed by atoms with Gasteiger partial charge < -0.3 is 5.73 Å². The molecular weight excluding hydrogens is 188 g/mol. The zero-order valence-electron chi connectivity index (χ0n) is 8.87. The molecule has 0 spiro atoms. The van der Waals surface area contributed by atoms with Gasteiger partial charge >= 0.3 is 0 Å². The van der Waals surface area contributed by atoms with E-state index in [1.165, 1.54) is 4.31 Å². The van der Waals surface area contributed by atoms with Gasteiger partial charge in [-0.3, -0.25) is 0 Å². The largest absolute Gasteiger partial charge is 0.329 e. The van der Waals surface area contributed by atoms with Crippen molar-refractivity contribution in [1.82, 2.24) is 4.31 Å². The van der Waals surface area contributed by atoms with Crippen molar-refractivity contribution in [2.24, 2.45) is 5.73 Å². The predicted octanol–water partition coefficient (Wildman–Crippen LogP) is 0.395. The Balaban J connectivity index is 4.86. The molecule has 0 saturated carbocycles. The Bertz CT molecular complexity index is 245. The van der Waals surface area contributed by atoms with Crippen molar-refractivity contribution in [3.63, 3.8) is 0 Å².